The van der Waals surface area contributed by atoms with Crippen LogP contribution >= 0.6 is 39.5 Å². The number of halogens is 1. The molecule has 2 atom stereocenters. The van der Waals surface area contributed by atoms with Gasteiger partial charge in [-0.05, 0) is 45.8 Å². The number of rotatable bonds is 6. The zero-order valence-electron chi connectivity index (χ0n) is 16.0. The van der Waals surface area contributed by atoms with Crippen LogP contribution in [-0.2, 0) is 20.9 Å². The molecule has 2 aliphatic rings. The molecule has 0 aromatic heterocycles. The van der Waals surface area contributed by atoms with E-state index in [4.69, 9.17) is 15.2 Å². The number of β-lactam (4-membered cyclic amide) rings is 1. The summed E-state index contributed by atoms with van der Waals surface area (Å²) in [6, 6.07) is 14.5. The SMILES string of the molecule is COc1ccc(COC(=O)C2=C(Sc3ccccc3Br)CS[C@H]3[C@H](N)C(=O)N23)cc1. The van der Waals surface area contributed by atoms with Gasteiger partial charge >= 0.3 is 5.97 Å². The molecule has 0 radical (unpaired) electrons. The molecule has 156 valence electrons. The predicted molar refractivity (Wildman–Crippen MR) is 121 cm³/mol. The molecule has 0 saturated carbocycles. The molecule has 2 aromatic rings. The van der Waals surface area contributed by atoms with E-state index in [0.717, 1.165) is 25.6 Å². The van der Waals surface area contributed by atoms with Gasteiger partial charge in [-0.1, -0.05) is 36.0 Å². The standard InChI is InChI=1S/C21H19BrN2O4S2/c1-27-13-8-6-12(7-9-13)10-28-21(26)18-16(30-15-5-3-2-4-14(15)22)11-29-20-17(23)19(25)24(18)20/h2-9,17,20H,10-11,23H2,1H3/t17-,20+/m1/s1. The molecule has 1 fully saturated rings. The topological polar surface area (TPSA) is 81.9 Å². The van der Waals surface area contributed by atoms with Crippen LogP contribution in [0.1, 0.15) is 5.56 Å². The van der Waals surface area contributed by atoms with E-state index in [0.29, 0.717) is 11.4 Å². The van der Waals surface area contributed by atoms with Gasteiger partial charge in [-0.2, -0.15) is 0 Å². The highest BCUT2D eigenvalue weighted by atomic mass is 79.9. The average molecular weight is 507 g/mol. The van der Waals surface area contributed by atoms with Crippen molar-refractivity contribution in [2.75, 3.05) is 12.9 Å². The maximum Gasteiger partial charge on any atom is 0.356 e. The van der Waals surface area contributed by atoms with Gasteiger partial charge in [0.05, 0.1) is 7.11 Å². The molecule has 0 unspecified atom stereocenters. The number of nitrogens with two attached hydrogens (primary N) is 1. The summed E-state index contributed by atoms with van der Waals surface area (Å²) in [5.41, 5.74) is 7.06. The van der Waals surface area contributed by atoms with E-state index in [2.05, 4.69) is 15.9 Å². The fourth-order valence-electron chi connectivity index (χ4n) is 3.16. The van der Waals surface area contributed by atoms with Crippen LogP contribution in [0.15, 0.2) is 68.5 Å². The number of hydrogen-bond donors (Lipinski definition) is 1. The minimum absolute atomic E-state index is 0.102. The van der Waals surface area contributed by atoms with E-state index >= 15 is 0 Å². The number of esters is 1. The van der Waals surface area contributed by atoms with Crippen molar-refractivity contribution in [2.45, 2.75) is 22.9 Å². The third-order valence-electron chi connectivity index (χ3n) is 4.77. The first-order valence-corrected chi connectivity index (χ1v) is 11.8. The van der Waals surface area contributed by atoms with Crippen LogP contribution in [-0.4, -0.2) is 41.1 Å². The normalized spacial score (nSPS) is 20.5. The second-order valence-corrected chi connectivity index (χ2v) is 9.76. The molecular weight excluding hydrogens is 488 g/mol. The molecule has 1 amide bonds. The Morgan fingerprint density at radius 2 is 2.00 bits per heavy atom. The Bertz CT molecular complexity index is 1010. The van der Waals surface area contributed by atoms with Gasteiger partial charge in [0, 0.05) is 20.0 Å². The number of hydrogen-bond acceptors (Lipinski definition) is 7. The first kappa shape index (κ1) is 21.3. The largest absolute Gasteiger partial charge is 0.497 e. The van der Waals surface area contributed by atoms with Gasteiger partial charge in [0.2, 0.25) is 5.91 Å². The second-order valence-electron chi connectivity index (χ2n) is 6.66. The van der Waals surface area contributed by atoms with Gasteiger partial charge in [0.15, 0.2) is 0 Å². The summed E-state index contributed by atoms with van der Waals surface area (Å²) in [4.78, 5) is 28.7. The lowest BCUT2D eigenvalue weighted by molar-refractivity contribution is -0.151. The minimum Gasteiger partial charge on any atom is -0.497 e. The monoisotopic (exact) mass is 506 g/mol. The number of amides is 1. The zero-order chi connectivity index (χ0) is 21.3. The number of carbonyl (C=O) groups is 2. The number of carbonyl (C=O) groups excluding carboxylic acids is 2. The lowest BCUT2D eigenvalue weighted by atomic mass is 10.1. The lowest BCUT2D eigenvalue weighted by Crippen LogP contribution is -2.68. The summed E-state index contributed by atoms with van der Waals surface area (Å²) >= 11 is 6.56. The zero-order valence-corrected chi connectivity index (χ0v) is 19.3. The van der Waals surface area contributed by atoms with E-state index in [-0.39, 0.29) is 17.9 Å². The smallest absolute Gasteiger partial charge is 0.356 e. The highest BCUT2D eigenvalue weighted by Gasteiger charge is 2.52. The minimum atomic E-state index is -0.589. The van der Waals surface area contributed by atoms with Gasteiger partial charge in [-0.15, -0.1) is 11.8 Å². The van der Waals surface area contributed by atoms with Gasteiger partial charge in [0.25, 0.3) is 0 Å². The fourth-order valence-corrected chi connectivity index (χ4v) is 6.12. The molecule has 6 nitrogen and oxygen atoms in total. The van der Waals surface area contributed by atoms with E-state index in [1.807, 2.05) is 48.5 Å². The molecule has 2 aliphatic heterocycles. The molecule has 30 heavy (non-hydrogen) atoms. The number of benzene rings is 2. The summed E-state index contributed by atoms with van der Waals surface area (Å²) in [5.74, 6) is 0.535. The molecule has 2 aromatic carbocycles. The van der Waals surface area contributed by atoms with Crippen molar-refractivity contribution in [1.29, 1.82) is 0 Å². The Labute approximate surface area is 191 Å². The number of nitrogens with zero attached hydrogens (tertiary/aromatic N) is 1. The Morgan fingerprint density at radius 1 is 1.27 bits per heavy atom. The molecule has 0 bridgehead atoms. The van der Waals surface area contributed by atoms with Gasteiger partial charge in [-0.25, -0.2) is 4.79 Å². The van der Waals surface area contributed by atoms with Crippen molar-refractivity contribution < 1.29 is 19.1 Å². The number of methoxy groups -OCH3 is 1. The van der Waals surface area contributed by atoms with Crippen molar-refractivity contribution >= 4 is 51.3 Å². The first-order chi connectivity index (χ1) is 14.5. The van der Waals surface area contributed by atoms with Crippen molar-refractivity contribution in [1.82, 2.24) is 4.90 Å². The summed E-state index contributed by atoms with van der Waals surface area (Å²) < 4.78 is 11.6. The summed E-state index contributed by atoms with van der Waals surface area (Å²) in [7, 11) is 1.60. The van der Waals surface area contributed by atoms with E-state index in [1.165, 1.54) is 16.7 Å². The predicted octanol–water partition coefficient (Wildman–Crippen LogP) is 3.75. The average Bonchev–Trinajstić information content (AvgIpc) is 2.78. The molecule has 2 N–H and O–H groups in total. The van der Waals surface area contributed by atoms with Gasteiger partial charge < -0.3 is 15.2 Å². The van der Waals surface area contributed by atoms with Crippen LogP contribution in [0, 0.1) is 0 Å². The van der Waals surface area contributed by atoms with Crippen LogP contribution in [0.2, 0.25) is 0 Å². The number of thioether (sulfide) groups is 2. The third-order valence-corrected chi connectivity index (χ3v) is 8.36. The maximum absolute atomic E-state index is 13.0. The summed E-state index contributed by atoms with van der Waals surface area (Å²) in [6.45, 7) is 0.102. The second kappa shape index (κ2) is 9.05. The molecule has 1 saturated heterocycles. The van der Waals surface area contributed by atoms with Crippen LogP contribution in [0.3, 0.4) is 0 Å². The van der Waals surface area contributed by atoms with Crippen LogP contribution in [0.25, 0.3) is 0 Å². The van der Waals surface area contributed by atoms with E-state index < -0.39 is 12.0 Å². The number of fused-ring (bicyclic) bond motifs is 1. The fraction of sp³-hybridized carbons (Fsp3) is 0.238. The quantitative estimate of drug-likeness (QED) is 0.471. The van der Waals surface area contributed by atoms with Crippen molar-refractivity contribution in [3.8, 4) is 5.75 Å². The van der Waals surface area contributed by atoms with E-state index in [1.54, 1.807) is 18.9 Å². The molecule has 0 spiro atoms. The molecular formula is C21H19BrN2O4S2. The van der Waals surface area contributed by atoms with Crippen molar-refractivity contribution in [3.05, 3.63) is 69.2 Å². The summed E-state index contributed by atoms with van der Waals surface area (Å²) in [5, 5.41) is -0.232. The van der Waals surface area contributed by atoms with Crippen LogP contribution in [0.5, 0.6) is 5.75 Å². The Morgan fingerprint density at radius 3 is 2.70 bits per heavy atom. The third kappa shape index (κ3) is 4.12. The van der Waals surface area contributed by atoms with Crippen LogP contribution < -0.4 is 10.5 Å². The highest BCUT2D eigenvalue weighted by Crippen LogP contribution is 2.46. The lowest BCUT2D eigenvalue weighted by Gasteiger charge is -2.48. The Kier molecular flexibility index (Phi) is 6.43. The maximum atomic E-state index is 13.0. The van der Waals surface area contributed by atoms with E-state index in [9.17, 15) is 9.59 Å². The van der Waals surface area contributed by atoms with Crippen molar-refractivity contribution in [3.63, 3.8) is 0 Å². The molecule has 4 rings (SSSR count). The molecule has 2 heterocycles. The molecule has 9 heteroatoms. The Hall–Kier alpha value is -1.94. The highest BCUT2D eigenvalue weighted by molar-refractivity contribution is 9.10. The van der Waals surface area contributed by atoms with Gasteiger partial charge in [0.1, 0.15) is 29.5 Å². The summed E-state index contributed by atoms with van der Waals surface area (Å²) in [6.07, 6.45) is 0. The van der Waals surface area contributed by atoms with Crippen LogP contribution in [0.4, 0.5) is 0 Å². The molecule has 0 aliphatic carbocycles. The Balaban J connectivity index is 1.58. The van der Waals surface area contributed by atoms with Crippen molar-refractivity contribution in [2.24, 2.45) is 5.73 Å². The number of ether oxygens (including phenoxy) is 2. The first-order valence-electron chi connectivity index (χ1n) is 9.15. The van der Waals surface area contributed by atoms with Gasteiger partial charge in [-0.3, -0.25) is 9.69 Å².